The lowest BCUT2D eigenvalue weighted by molar-refractivity contribution is 0.618. The predicted molar refractivity (Wildman–Crippen MR) is 71.9 cm³/mol. The Morgan fingerprint density at radius 2 is 2.28 bits per heavy atom. The Bertz CT molecular complexity index is 525. The highest BCUT2D eigenvalue weighted by molar-refractivity contribution is 6.30. The first-order valence-corrected chi connectivity index (χ1v) is 6.33. The molecule has 0 aliphatic heterocycles. The van der Waals surface area contributed by atoms with Gasteiger partial charge >= 0.3 is 0 Å². The first-order chi connectivity index (χ1) is 8.72. The van der Waals surface area contributed by atoms with Crippen molar-refractivity contribution >= 4 is 17.5 Å². The van der Waals surface area contributed by atoms with Crippen LogP contribution in [0.25, 0.3) is 5.69 Å². The van der Waals surface area contributed by atoms with Gasteiger partial charge in [0.25, 0.3) is 0 Å². The zero-order valence-electron chi connectivity index (χ0n) is 10.2. The molecule has 0 aliphatic rings. The van der Waals surface area contributed by atoms with Gasteiger partial charge in [-0.3, -0.25) is 4.57 Å². The Balaban J connectivity index is 2.27. The van der Waals surface area contributed by atoms with Gasteiger partial charge in [-0.05, 0) is 24.6 Å². The van der Waals surface area contributed by atoms with Gasteiger partial charge in [0.2, 0.25) is 5.95 Å². The van der Waals surface area contributed by atoms with Crippen molar-refractivity contribution in [1.82, 2.24) is 9.55 Å². The molecular weight excluding hydrogens is 253 g/mol. The van der Waals surface area contributed by atoms with E-state index in [9.17, 15) is 4.39 Å². The van der Waals surface area contributed by atoms with Crippen LogP contribution in [0.1, 0.15) is 19.8 Å². The summed E-state index contributed by atoms with van der Waals surface area (Å²) in [6.45, 7) is 2.93. The third-order valence-electron chi connectivity index (χ3n) is 2.62. The molecular formula is C13H15ClFN3. The number of rotatable bonds is 5. The first kappa shape index (κ1) is 12.9. The number of imidazole rings is 1. The molecule has 0 bridgehead atoms. The lowest BCUT2D eigenvalue weighted by Gasteiger charge is -2.10. The molecule has 0 aliphatic carbocycles. The van der Waals surface area contributed by atoms with E-state index in [1.165, 1.54) is 12.1 Å². The molecule has 3 nitrogen and oxygen atoms in total. The van der Waals surface area contributed by atoms with Crippen molar-refractivity contribution in [2.45, 2.75) is 19.8 Å². The quantitative estimate of drug-likeness (QED) is 0.834. The monoisotopic (exact) mass is 267 g/mol. The SMILES string of the molecule is CCCCNc1nccn1-c1cc(Cl)ccc1F. The minimum Gasteiger partial charge on any atom is -0.355 e. The van der Waals surface area contributed by atoms with Crippen molar-refractivity contribution in [1.29, 1.82) is 0 Å². The summed E-state index contributed by atoms with van der Waals surface area (Å²) >= 11 is 5.89. The summed E-state index contributed by atoms with van der Waals surface area (Å²) < 4.78 is 15.4. The largest absolute Gasteiger partial charge is 0.355 e. The van der Waals surface area contributed by atoms with E-state index in [0.717, 1.165) is 19.4 Å². The smallest absolute Gasteiger partial charge is 0.207 e. The van der Waals surface area contributed by atoms with Crippen molar-refractivity contribution < 1.29 is 4.39 Å². The molecule has 18 heavy (non-hydrogen) atoms. The number of benzene rings is 1. The molecule has 0 unspecified atom stereocenters. The molecule has 1 aromatic carbocycles. The predicted octanol–water partition coefficient (Wildman–Crippen LogP) is 3.88. The number of nitrogens with one attached hydrogen (secondary N) is 1. The van der Waals surface area contributed by atoms with Gasteiger partial charge in [0.15, 0.2) is 0 Å². The topological polar surface area (TPSA) is 29.9 Å². The molecule has 0 saturated carbocycles. The molecule has 0 radical (unpaired) electrons. The number of unbranched alkanes of at least 4 members (excludes halogenated alkanes) is 1. The van der Waals surface area contributed by atoms with Crippen molar-refractivity contribution in [3.63, 3.8) is 0 Å². The molecule has 2 rings (SSSR count). The Morgan fingerprint density at radius 1 is 1.44 bits per heavy atom. The number of anilines is 1. The average molecular weight is 268 g/mol. The van der Waals surface area contributed by atoms with E-state index < -0.39 is 0 Å². The lowest BCUT2D eigenvalue weighted by Crippen LogP contribution is -2.08. The summed E-state index contributed by atoms with van der Waals surface area (Å²) in [5.74, 6) is 0.306. The number of nitrogens with zero attached hydrogens (tertiary/aromatic N) is 2. The molecule has 0 amide bonds. The van der Waals surface area contributed by atoms with Crippen LogP contribution in [0.3, 0.4) is 0 Å². The standard InChI is InChI=1S/C13H15ClFN3/c1-2-3-6-16-13-17-7-8-18(13)12-9-10(14)4-5-11(12)15/h4-5,7-9H,2-3,6H2,1H3,(H,16,17). The fourth-order valence-electron chi connectivity index (χ4n) is 1.68. The van der Waals surface area contributed by atoms with Gasteiger partial charge in [-0.1, -0.05) is 24.9 Å². The lowest BCUT2D eigenvalue weighted by atomic mass is 10.3. The highest BCUT2D eigenvalue weighted by atomic mass is 35.5. The van der Waals surface area contributed by atoms with Gasteiger partial charge in [-0.25, -0.2) is 9.37 Å². The summed E-state index contributed by atoms with van der Waals surface area (Å²) in [6.07, 6.45) is 5.49. The van der Waals surface area contributed by atoms with Crippen LogP contribution >= 0.6 is 11.6 Å². The number of aromatic nitrogens is 2. The van der Waals surface area contributed by atoms with Gasteiger partial charge in [0.1, 0.15) is 5.82 Å². The summed E-state index contributed by atoms with van der Waals surface area (Å²) in [5, 5.41) is 3.68. The van der Waals surface area contributed by atoms with Gasteiger partial charge < -0.3 is 5.32 Å². The van der Waals surface area contributed by atoms with Crippen molar-refractivity contribution in [2.24, 2.45) is 0 Å². The molecule has 2 aromatic rings. The Labute approximate surface area is 111 Å². The second-order valence-electron chi connectivity index (χ2n) is 4.00. The van der Waals surface area contributed by atoms with E-state index in [4.69, 9.17) is 11.6 Å². The van der Waals surface area contributed by atoms with Crippen LogP contribution < -0.4 is 5.32 Å². The first-order valence-electron chi connectivity index (χ1n) is 5.95. The minimum absolute atomic E-state index is 0.323. The Morgan fingerprint density at radius 3 is 3.06 bits per heavy atom. The van der Waals surface area contributed by atoms with E-state index in [-0.39, 0.29) is 5.82 Å². The highest BCUT2D eigenvalue weighted by Crippen LogP contribution is 2.21. The summed E-state index contributed by atoms with van der Waals surface area (Å²) in [4.78, 5) is 4.18. The molecule has 5 heteroatoms. The fraction of sp³-hybridized carbons (Fsp3) is 0.308. The molecule has 0 saturated heterocycles. The number of hydrogen-bond acceptors (Lipinski definition) is 2. The van der Waals surface area contributed by atoms with Gasteiger partial charge in [0.05, 0.1) is 5.69 Å². The zero-order valence-corrected chi connectivity index (χ0v) is 10.9. The molecule has 96 valence electrons. The Kier molecular flexibility index (Phi) is 4.20. The van der Waals surface area contributed by atoms with Crippen LogP contribution in [0, 0.1) is 5.82 Å². The van der Waals surface area contributed by atoms with E-state index in [1.807, 2.05) is 0 Å². The van der Waals surface area contributed by atoms with Crippen LogP contribution in [0.2, 0.25) is 5.02 Å². The van der Waals surface area contributed by atoms with E-state index in [2.05, 4.69) is 17.2 Å². The third-order valence-corrected chi connectivity index (χ3v) is 2.86. The third kappa shape index (κ3) is 2.82. The molecule has 0 fully saturated rings. The zero-order chi connectivity index (χ0) is 13.0. The molecule has 1 heterocycles. The van der Waals surface area contributed by atoms with Crippen molar-refractivity contribution in [2.75, 3.05) is 11.9 Å². The average Bonchev–Trinajstić information content (AvgIpc) is 2.81. The van der Waals surface area contributed by atoms with E-state index >= 15 is 0 Å². The maximum absolute atomic E-state index is 13.8. The normalized spacial score (nSPS) is 10.6. The van der Waals surface area contributed by atoms with Crippen LogP contribution in [0.15, 0.2) is 30.6 Å². The second kappa shape index (κ2) is 5.87. The summed E-state index contributed by atoms with van der Waals surface area (Å²) in [5.41, 5.74) is 0.402. The molecule has 0 spiro atoms. The van der Waals surface area contributed by atoms with Crippen molar-refractivity contribution in [3.05, 3.63) is 41.4 Å². The summed E-state index contributed by atoms with van der Waals surface area (Å²) in [6, 6.07) is 4.47. The van der Waals surface area contributed by atoms with Crippen LogP contribution in [0.5, 0.6) is 0 Å². The second-order valence-corrected chi connectivity index (χ2v) is 4.43. The van der Waals surface area contributed by atoms with Crippen LogP contribution in [-0.2, 0) is 0 Å². The van der Waals surface area contributed by atoms with Crippen LogP contribution in [0.4, 0.5) is 10.3 Å². The van der Waals surface area contributed by atoms with Crippen LogP contribution in [-0.4, -0.2) is 16.1 Å². The minimum atomic E-state index is -0.323. The fourth-order valence-corrected chi connectivity index (χ4v) is 1.84. The maximum atomic E-state index is 13.8. The Hall–Kier alpha value is -1.55. The molecule has 0 atom stereocenters. The van der Waals surface area contributed by atoms with Gasteiger partial charge in [-0.15, -0.1) is 0 Å². The number of hydrogen-bond donors (Lipinski definition) is 1. The summed E-state index contributed by atoms with van der Waals surface area (Å²) in [7, 11) is 0. The van der Waals surface area contributed by atoms with Gasteiger partial charge in [0, 0.05) is 24.0 Å². The highest BCUT2D eigenvalue weighted by Gasteiger charge is 2.09. The van der Waals surface area contributed by atoms with Gasteiger partial charge in [-0.2, -0.15) is 0 Å². The molecule has 1 aromatic heterocycles. The molecule has 1 N–H and O–H groups in total. The maximum Gasteiger partial charge on any atom is 0.207 e. The van der Waals surface area contributed by atoms with E-state index in [0.29, 0.717) is 16.7 Å². The number of halogens is 2. The van der Waals surface area contributed by atoms with E-state index in [1.54, 1.807) is 23.0 Å². The van der Waals surface area contributed by atoms with Crippen molar-refractivity contribution in [3.8, 4) is 5.69 Å².